The standard InChI is InChI=1S/C33H25P/c34-30-22-20-24-12-8-10-18-28(24)33(30)32-27-17-9-7-11-23(27)19-21-29(32)31(25-13-3-1-4-14-25)26-15-5-2-6-16-26/h1-22,31H,34H2. The maximum atomic E-state index is 3.00. The molecule has 6 aromatic rings. The first-order valence-corrected chi connectivity index (χ1v) is 12.3. The van der Waals surface area contributed by atoms with Crippen LogP contribution in [0.2, 0.25) is 0 Å². The molecule has 1 atom stereocenters. The van der Waals surface area contributed by atoms with Gasteiger partial charge >= 0.3 is 0 Å². The van der Waals surface area contributed by atoms with Crippen molar-refractivity contribution in [3.8, 4) is 11.1 Å². The van der Waals surface area contributed by atoms with Crippen LogP contribution in [0.3, 0.4) is 0 Å². The zero-order chi connectivity index (χ0) is 22.9. The van der Waals surface area contributed by atoms with Crippen molar-refractivity contribution in [1.82, 2.24) is 0 Å². The summed E-state index contributed by atoms with van der Waals surface area (Å²) >= 11 is 0. The minimum absolute atomic E-state index is 0.130. The second kappa shape index (κ2) is 8.90. The lowest BCUT2D eigenvalue weighted by atomic mass is 9.79. The van der Waals surface area contributed by atoms with Gasteiger partial charge in [0, 0.05) is 5.92 Å². The molecule has 0 nitrogen and oxygen atoms in total. The summed E-state index contributed by atoms with van der Waals surface area (Å²) in [7, 11) is 3.00. The zero-order valence-corrected chi connectivity index (χ0v) is 20.0. The molecule has 0 aliphatic heterocycles. The lowest BCUT2D eigenvalue weighted by molar-refractivity contribution is 0.983. The van der Waals surface area contributed by atoms with Gasteiger partial charge in [-0.05, 0) is 54.7 Å². The fourth-order valence-electron chi connectivity index (χ4n) is 5.22. The van der Waals surface area contributed by atoms with Crippen LogP contribution >= 0.6 is 9.24 Å². The molecular weight excluding hydrogens is 427 g/mol. The Bertz CT molecular complexity index is 1560. The molecule has 0 aliphatic carbocycles. The summed E-state index contributed by atoms with van der Waals surface area (Å²) in [6.45, 7) is 0. The minimum atomic E-state index is 0.130. The van der Waals surface area contributed by atoms with E-state index in [-0.39, 0.29) is 5.92 Å². The van der Waals surface area contributed by atoms with E-state index in [0.717, 1.165) is 0 Å². The first-order valence-electron chi connectivity index (χ1n) is 11.7. The fraction of sp³-hybridized carbons (Fsp3) is 0.0303. The third-order valence-corrected chi connectivity index (χ3v) is 7.23. The van der Waals surface area contributed by atoms with Crippen LogP contribution in [0.1, 0.15) is 22.6 Å². The van der Waals surface area contributed by atoms with E-state index in [1.807, 2.05) is 0 Å². The van der Waals surface area contributed by atoms with E-state index in [1.165, 1.54) is 54.7 Å². The van der Waals surface area contributed by atoms with Crippen LogP contribution in [0.5, 0.6) is 0 Å². The molecule has 6 rings (SSSR count). The van der Waals surface area contributed by atoms with E-state index in [4.69, 9.17) is 0 Å². The number of hydrogen-bond donors (Lipinski definition) is 0. The predicted octanol–water partition coefficient (Wildman–Crippen LogP) is 8.34. The van der Waals surface area contributed by atoms with Crippen molar-refractivity contribution in [3.63, 3.8) is 0 Å². The van der Waals surface area contributed by atoms with E-state index in [9.17, 15) is 0 Å². The Hall–Kier alpha value is -3.73. The average Bonchev–Trinajstić information content (AvgIpc) is 2.90. The van der Waals surface area contributed by atoms with Gasteiger partial charge in [0.05, 0.1) is 0 Å². The highest BCUT2D eigenvalue weighted by Gasteiger charge is 2.23. The van der Waals surface area contributed by atoms with E-state index in [2.05, 4.69) is 143 Å². The van der Waals surface area contributed by atoms with Gasteiger partial charge in [0.25, 0.3) is 0 Å². The van der Waals surface area contributed by atoms with Crippen molar-refractivity contribution in [2.45, 2.75) is 5.92 Å². The summed E-state index contributed by atoms with van der Waals surface area (Å²) in [6.07, 6.45) is 0. The lowest BCUT2D eigenvalue weighted by Gasteiger charge is -2.25. The molecule has 1 heteroatoms. The fourth-order valence-corrected chi connectivity index (χ4v) is 5.61. The first-order chi connectivity index (χ1) is 16.8. The van der Waals surface area contributed by atoms with E-state index >= 15 is 0 Å². The lowest BCUT2D eigenvalue weighted by Crippen LogP contribution is -2.08. The normalized spacial score (nSPS) is 11.4. The molecule has 0 saturated heterocycles. The second-order valence-corrected chi connectivity index (χ2v) is 9.38. The van der Waals surface area contributed by atoms with Gasteiger partial charge in [-0.15, -0.1) is 9.24 Å². The van der Waals surface area contributed by atoms with E-state index < -0.39 is 0 Å². The topological polar surface area (TPSA) is 0 Å². The van der Waals surface area contributed by atoms with E-state index in [0.29, 0.717) is 0 Å². The molecular formula is C33H25P. The maximum Gasteiger partial charge on any atom is 0.0346 e. The van der Waals surface area contributed by atoms with Gasteiger partial charge in [-0.3, -0.25) is 0 Å². The highest BCUT2D eigenvalue weighted by atomic mass is 31.0. The summed E-state index contributed by atoms with van der Waals surface area (Å²) in [5, 5.41) is 6.32. The number of rotatable bonds is 4. The van der Waals surface area contributed by atoms with Crippen molar-refractivity contribution >= 4 is 36.1 Å². The summed E-state index contributed by atoms with van der Waals surface area (Å²) in [5.41, 5.74) is 6.55. The van der Waals surface area contributed by atoms with Crippen molar-refractivity contribution in [2.24, 2.45) is 0 Å². The molecule has 162 valence electrons. The van der Waals surface area contributed by atoms with Gasteiger partial charge in [-0.25, -0.2) is 0 Å². The van der Waals surface area contributed by atoms with Crippen LogP contribution in [-0.2, 0) is 0 Å². The van der Waals surface area contributed by atoms with Crippen molar-refractivity contribution in [3.05, 3.63) is 150 Å². The smallest absolute Gasteiger partial charge is 0.0346 e. The van der Waals surface area contributed by atoms with Crippen LogP contribution in [0.15, 0.2) is 133 Å². The molecule has 0 saturated carbocycles. The molecule has 0 heterocycles. The zero-order valence-electron chi connectivity index (χ0n) is 18.9. The third-order valence-electron chi connectivity index (χ3n) is 6.75. The van der Waals surface area contributed by atoms with Crippen molar-refractivity contribution in [2.75, 3.05) is 0 Å². The molecule has 0 amide bonds. The largest absolute Gasteiger partial charge is 0.105 e. The van der Waals surface area contributed by atoms with Crippen LogP contribution in [0, 0.1) is 0 Å². The number of benzene rings is 6. The summed E-state index contributed by atoms with van der Waals surface area (Å²) in [5.74, 6) is 0.130. The highest BCUT2D eigenvalue weighted by Crippen LogP contribution is 2.43. The Balaban J connectivity index is 1.76. The van der Waals surface area contributed by atoms with Gasteiger partial charge in [0.1, 0.15) is 0 Å². The van der Waals surface area contributed by atoms with Gasteiger partial charge in [0.15, 0.2) is 0 Å². The quantitative estimate of drug-likeness (QED) is 0.186. The van der Waals surface area contributed by atoms with Crippen LogP contribution < -0.4 is 5.30 Å². The van der Waals surface area contributed by atoms with E-state index in [1.54, 1.807) is 0 Å². The molecule has 0 fully saturated rings. The molecule has 0 N–H and O–H groups in total. The van der Waals surface area contributed by atoms with Gasteiger partial charge in [-0.1, -0.05) is 133 Å². The van der Waals surface area contributed by atoms with Crippen LogP contribution in [0.25, 0.3) is 32.7 Å². The average molecular weight is 453 g/mol. The van der Waals surface area contributed by atoms with Crippen molar-refractivity contribution < 1.29 is 0 Å². The van der Waals surface area contributed by atoms with Crippen molar-refractivity contribution in [1.29, 1.82) is 0 Å². The maximum absolute atomic E-state index is 3.00. The summed E-state index contributed by atoms with van der Waals surface area (Å²) in [6, 6.07) is 48.3. The Morgan fingerprint density at radius 1 is 0.412 bits per heavy atom. The van der Waals surface area contributed by atoms with Crippen LogP contribution in [0.4, 0.5) is 0 Å². The monoisotopic (exact) mass is 452 g/mol. The molecule has 6 aromatic carbocycles. The summed E-state index contributed by atoms with van der Waals surface area (Å²) < 4.78 is 0. The molecule has 0 aromatic heterocycles. The third kappa shape index (κ3) is 3.61. The Morgan fingerprint density at radius 2 is 0.882 bits per heavy atom. The highest BCUT2D eigenvalue weighted by molar-refractivity contribution is 7.28. The number of fused-ring (bicyclic) bond motifs is 2. The molecule has 0 radical (unpaired) electrons. The molecule has 0 bridgehead atoms. The summed E-state index contributed by atoms with van der Waals surface area (Å²) in [4.78, 5) is 0. The minimum Gasteiger partial charge on any atom is -0.105 e. The van der Waals surface area contributed by atoms with Crippen LogP contribution in [-0.4, -0.2) is 0 Å². The molecule has 1 unspecified atom stereocenters. The number of hydrogen-bond acceptors (Lipinski definition) is 0. The van der Waals surface area contributed by atoms with Gasteiger partial charge < -0.3 is 0 Å². The molecule has 0 spiro atoms. The second-order valence-electron chi connectivity index (χ2n) is 8.76. The Kier molecular flexibility index (Phi) is 5.46. The SMILES string of the molecule is Pc1ccc2ccccc2c1-c1c(C(c2ccccc2)c2ccccc2)ccc2ccccc12. The molecule has 0 aliphatic rings. The Labute approximate surface area is 203 Å². The predicted molar refractivity (Wildman–Crippen MR) is 150 cm³/mol. The van der Waals surface area contributed by atoms with Gasteiger partial charge in [0.2, 0.25) is 0 Å². The van der Waals surface area contributed by atoms with Gasteiger partial charge in [-0.2, -0.15) is 0 Å². The Morgan fingerprint density at radius 3 is 1.47 bits per heavy atom. The first kappa shape index (κ1) is 20.8. The molecule has 34 heavy (non-hydrogen) atoms.